The van der Waals surface area contributed by atoms with Crippen molar-refractivity contribution in [3.63, 3.8) is 0 Å². The normalized spacial score (nSPS) is 17.3. The molecule has 0 aliphatic heterocycles. The SMILES string of the molecule is Cn1cc(S(=O)(=O)NCC2Cc3ccccc32)cc1CN. The van der Waals surface area contributed by atoms with Crippen LogP contribution in [0.2, 0.25) is 0 Å². The Labute approximate surface area is 124 Å². The lowest BCUT2D eigenvalue weighted by atomic mass is 9.78. The van der Waals surface area contributed by atoms with E-state index in [4.69, 9.17) is 5.73 Å². The summed E-state index contributed by atoms with van der Waals surface area (Å²) in [4.78, 5) is 0.276. The van der Waals surface area contributed by atoms with Gasteiger partial charge in [-0.3, -0.25) is 0 Å². The number of rotatable bonds is 5. The minimum absolute atomic E-state index is 0.272. The van der Waals surface area contributed by atoms with Crippen molar-refractivity contribution < 1.29 is 8.42 Å². The average molecular weight is 305 g/mol. The number of benzene rings is 1. The van der Waals surface area contributed by atoms with Crippen LogP contribution >= 0.6 is 0 Å². The standard InChI is InChI=1S/C15H19N3O2S/c1-18-10-14(7-13(18)8-16)21(19,20)17-9-12-6-11-4-2-3-5-15(11)12/h2-5,7,10,12,17H,6,8-9,16H2,1H3. The topological polar surface area (TPSA) is 77.1 Å². The number of nitrogens with zero attached hydrogens (tertiary/aromatic N) is 1. The number of hydrogen-bond acceptors (Lipinski definition) is 3. The minimum atomic E-state index is -3.47. The van der Waals surface area contributed by atoms with Crippen LogP contribution in [-0.4, -0.2) is 19.5 Å². The molecular weight excluding hydrogens is 286 g/mol. The first-order valence-corrected chi connectivity index (χ1v) is 8.42. The summed E-state index contributed by atoms with van der Waals surface area (Å²) >= 11 is 0. The predicted molar refractivity (Wildman–Crippen MR) is 81.4 cm³/mol. The molecule has 1 aromatic carbocycles. The van der Waals surface area contributed by atoms with Crippen LogP contribution in [-0.2, 0) is 30.0 Å². The molecule has 0 spiro atoms. The van der Waals surface area contributed by atoms with Gasteiger partial charge in [-0.25, -0.2) is 13.1 Å². The Bertz CT molecular complexity index is 765. The van der Waals surface area contributed by atoms with Crippen molar-refractivity contribution >= 4 is 10.0 Å². The Morgan fingerprint density at radius 3 is 2.81 bits per heavy atom. The molecule has 0 saturated carbocycles. The van der Waals surface area contributed by atoms with E-state index in [9.17, 15) is 8.42 Å². The molecule has 0 amide bonds. The van der Waals surface area contributed by atoms with Gasteiger partial charge in [-0.2, -0.15) is 0 Å². The zero-order valence-electron chi connectivity index (χ0n) is 11.9. The molecule has 6 heteroatoms. The predicted octanol–water partition coefficient (Wildman–Crippen LogP) is 1.10. The second-order valence-electron chi connectivity index (χ2n) is 5.43. The van der Waals surface area contributed by atoms with Gasteiger partial charge in [0.2, 0.25) is 10.0 Å². The molecule has 1 aromatic heterocycles. The van der Waals surface area contributed by atoms with Gasteiger partial charge >= 0.3 is 0 Å². The maximum absolute atomic E-state index is 12.3. The maximum atomic E-state index is 12.3. The summed E-state index contributed by atoms with van der Waals surface area (Å²) in [7, 11) is -1.68. The summed E-state index contributed by atoms with van der Waals surface area (Å²) < 4.78 is 29.1. The largest absolute Gasteiger partial charge is 0.352 e. The van der Waals surface area contributed by atoms with E-state index < -0.39 is 10.0 Å². The smallest absolute Gasteiger partial charge is 0.242 e. The van der Waals surface area contributed by atoms with E-state index >= 15 is 0 Å². The highest BCUT2D eigenvalue weighted by molar-refractivity contribution is 7.89. The highest BCUT2D eigenvalue weighted by atomic mass is 32.2. The molecule has 2 aromatic rings. The van der Waals surface area contributed by atoms with Crippen LogP contribution in [0.5, 0.6) is 0 Å². The number of hydrogen-bond donors (Lipinski definition) is 2. The van der Waals surface area contributed by atoms with Crippen LogP contribution in [0.1, 0.15) is 22.7 Å². The summed E-state index contributed by atoms with van der Waals surface area (Å²) in [6.07, 6.45) is 2.53. The van der Waals surface area contributed by atoms with Crippen LogP contribution < -0.4 is 10.5 Å². The highest BCUT2D eigenvalue weighted by Gasteiger charge is 2.27. The molecule has 1 aliphatic rings. The molecular formula is C15H19N3O2S. The third kappa shape index (κ3) is 2.62. The lowest BCUT2D eigenvalue weighted by molar-refractivity contribution is 0.552. The van der Waals surface area contributed by atoms with E-state index in [2.05, 4.69) is 16.9 Å². The summed E-state index contributed by atoms with van der Waals surface area (Å²) in [6, 6.07) is 9.77. The first-order valence-electron chi connectivity index (χ1n) is 6.94. The molecule has 3 rings (SSSR count). The van der Waals surface area contributed by atoms with Gasteiger partial charge in [0.15, 0.2) is 0 Å². The Morgan fingerprint density at radius 1 is 1.38 bits per heavy atom. The molecule has 5 nitrogen and oxygen atoms in total. The van der Waals surface area contributed by atoms with Gasteiger partial charge in [0, 0.05) is 37.9 Å². The fourth-order valence-electron chi connectivity index (χ4n) is 2.77. The Balaban J connectivity index is 1.70. The number of fused-ring (bicyclic) bond motifs is 1. The fourth-order valence-corrected chi connectivity index (χ4v) is 3.94. The molecule has 0 radical (unpaired) electrons. The zero-order valence-corrected chi connectivity index (χ0v) is 12.7. The third-order valence-electron chi connectivity index (χ3n) is 4.08. The Kier molecular flexibility index (Phi) is 3.61. The van der Waals surface area contributed by atoms with Crippen molar-refractivity contribution in [2.75, 3.05) is 6.54 Å². The zero-order chi connectivity index (χ0) is 15.0. The van der Waals surface area contributed by atoms with Gasteiger partial charge in [0.25, 0.3) is 0 Å². The molecule has 1 aliphatic carbocycles. The number of aryl methyl sites for hydroxylation is 1. The van der Waals surface area contributed by atoms with Crippen molar-refractivity contribution in [3.8, 4) is 0 Å². The van der Waals surface area contributed by atoms with Gasteiger partial charge in [-0.05, 0) is 23.6 Å². The molecule has 1 unspecified atom stereocenters. The summed E-state index contributed by atoms with van der Waals surface area (Å²) in [5.74, 6) is 0.272. The van der Waals surface area contributed by atoms with E-state index in [1.165, 1.54) is 11.1 Å². The van der Waals surface area contributed by atoms with Crippen molar-refractivity contribution in [2.45, 2.75) is 23.8 Å². The number of sulfonamides is 1. The second kappa shape index (κ2) is 5.29. The van der Waals surface area contributed by atoms with E-state index in [-0.39, 0.29) is 10.8 Å². The van der Waals surface area contributed by atoms with Crippen LogP contribution in [0.25, 0.3) is 0 Å². The average Bonchev–Trinajstić information content (AvgIpc) is 2.82. The summed E-state index contributed by atoms with van der Waals surface area (Å²) in [5, 5.41) is 0. The molecule has 21 heavy (non-hydrogen) atoms. The molecule has 0 fully saturated rings. The maximum Gasteiger partial charge on any atom is 0.242 e. The fraction of sp³-hybridized carbons (Fsp3) is 0.333. The van der Waals surface area contributed by atoms with Crippen molar-refractivity contribution in [3.05, 3.63) is 53.3 Å². The quantitative estimate of drug-likeness (QED) is 0.868. The first-order chi connectivity index (χ1) is 10.0. The van der Waals surface area contributed by atoms with Gasteiger partial charge < -0.3 is 10.3 Å². The summed E-state index contributed by atoms with van der Waals surface area (Å²) in [6.45, 7) is 0.758. The van der Waals surface area contributed by atoms with Crippen LogP contribution in [0.15, 0.2) is 41.4 Å². The van der Waals surface area contributed by atoms with E-state index in [1.54, 1.807) is 23.9 Å². The second-order valence-corrected chi connectivity index (χ2v) is 7.20. The van der Waals surface area contributed by atoms with Crippen LogP contribution in [0.3, 0.4) is 0 Å². The van der Waals surface area contributed by atoms with Crippen molar-refractivity contribution in [2.24, 2.45) is 12.8 Å². The third-order valence-corrected chi connectivity index (χ3v) is 5.47. The molecule has 0 bridgehead atoms. The van der Waals surface area contributed by atoms with E-state index in [0.717, 1.165) is 12.1 Å². The molecule has 1 heterocycles. The number of aromatic nitrogens is 1. The van der Waals surface area contributed by atoms with Gasteiger partial charge in [0.1, 0.15) is 0 Å². The van der Waals surface area contributed by atoms with Crippen molar-refractivity contribution in [1.29, 1.82) is 0 Å². The lowest BCUT2D eigenvalue weighted by Gasteiger charge is -2.30. The van der Waals surface area contributed by atoms with E-state index in [0.29, 0.717) is 13.1 Å². The number of nitrogens with two attached hydrogens (primary N) is 1. The first kappa shape index (κ1) is 14.3. The minimum Gasteiger partial charge on any atom is -0.352 e. The molecule has 112 valence electrons. The molecule has 3 N–H and O–H groups in total. The summed E-state index contributed by atoms with van der Waals surface area (Å²) in [5.41, 5.74) is 8.93. The van der Waals surface area contributed by atoms with Gasteiger partial charge in [-0.1, -0.05) is 24.3 Å². The van der Waals surface area contributed by atoms with Gasteiger partial charge in [-0.15, -0.1) is 0 Å². The van der Waals surface area contributed by atoms with E-state index in [1.807, 2.05) is 12.1 Å². The Hall–Kier alpha value is -1.63. The highest BCUT2D eigenvalue weighted by Crippen LogP contribution is 2.34. The van der Waals surface area contributed by atoms with Crippen LogP contribution in [0.4, 0.5) is 0 Å². The Morgan fingerprint density at radius 2 is 2.14 bits per heavy atom. The molecule has 0 saturated heterocycles. The van der Waals surface area contributed by atoms with Crippen molar-refractivity contribution in [1.82, 2.24) is 9.29 Å². The monoisotopic (exact) mass is 305 g/mol. The lowest BCUT2D eigenvalue weighted by Crippen LogP contribution is -2.33. The number of nitrogens with one attached hydrogen (secondary N) is 1. The van der Waals surface area contributed by atoms with Gasteiger partial charge in [0.05, 0.1) is 4.90 Å². The molecule has 1 atom stereocenters. The van der Waals surface area contributed by atoms with Crippen LogP contribution in [0, 0.1) is 0 Å².